The first-order chi connectivity index (χ1) is 31.8. The highest BCUT2D eigenvalue weighted by Gasteiger charge is 2.43. The highest BCUT2D eigenvalue weighted by molar-refractivity contribution is 6.07. The molecule has 3 aliphatic rings. The fourth-order valence-electron chi connectivity index (χ4n) is 9.88. The number of rotatable bonds is 14. The number of amides is 4. The van der Waals surface area contributed by atoms with Crippen molar-refractivity contribution in [2.75, 3.05) is 47.7 Å². The van der Waals surface area contributed by atoms with Crippen molar-refractivity contribution >= 4 is 45.8 Å². The van der Waals surface area contributed by atoms with Gasteiger partial charge in [0.25, 0.3) is 0 Å². The molecule has 2 saturated heterocycles. The second kappa shape index (κ2) is 19.7. The van der Waals surface area contributed by atoms with E-state index in [0.717, 1.165) is 61.9 Å². The average molecular weight is 907 g/mol. The van der Waals surface area contributed by atoms with Gasteiger partial charge in [-0.2, -0.15) is 0 Å². The smallest absolute Gasteiger partial charge is 0.407 e. The molecule has 0 bridgehead atoms. The number of aromatic nitrogens is 4. The van der Waals surface area contributed by atoms with Gasteiger partial charge in [0.2, 0.25) is 11.8 Å². The Morgan fingerprint density at radius 1 is 0.939 bits per heavy atom. The summed E-state index contributed by atoms with van der Waals surface area (Å²) in [6.45, 7) is 12.1. The monoisotopic (exact) mass is 906 g/mol. The molecule has 8 rings (SSSR count). The lowest BCUT2D eigenvalue weighted by Crippen LogP contribution is -2.54. The molecule has 0 radical (unpaired) electrons. The van der Waals surface area contributed by atoms with Gasteiger partial charge in [-0.1, -0.05) is 39.0 Å². The van der Waals surface area contributed by atoms with Crippen LogP contribution in [0.25, 0.3) is 44.2 Å². The predicted molar refractivity (Wildman–Crippen MR) is 247 cm³/mol. The zero-order valence-electron chi connectivity index (χ0n) is 39.1. The molecule has 6 atom stereocenters. The van der Waals surface area contributed by atoms with E-state index >= 15 is 0 Å². The standard InChI is InChI=1S/C49H62N8O9/c1-9-27(4)57(47(59)41(26(2)3)54-48(60)63-7)28(5)44-50-22-38(52-44)32-10-12-34-33(19-32)25-66-40-21-35-31(20-36(34)40)11-13-37-43(35)53-45(51-37)39-18-29(24-62-6)23-56(39)46(58)42(55-49(61)64-8)30-14-16-65-17-15-30/h10-13,19-22,26-30,39,41-42H,9,14-18,23-25H2,1-8H3,(H,50,52)(H,51,53)(H,54,60)(H,55,61)/t27-,28-,29-,39-,41-,42-/m0/s1. The molecule has 2 fully saturated rings. The zero-order valence-corrected chi connectivity index (χ0v) is 39.1. The molecule has 0 aliphatic carbocycles. The number of carbonyl (C=O) groups excluding carboxylic acids is 4. The summed E-state index contributed by atoms with van der Waals surface area (Å²) in [5.41, 5.74) is 6.42. The fraction of sp³-hybridized carbons (Fsp3) is 0.510. The molecular formula is C49H62N8O9. The van der Waals surface area contributed by atoms with Crippen LogP contribution in [0.1, 0.15) is 89.6 Å². The van der Waals surface area contributed by atoms with Crippen LogP contribution in [0.4, 0.5) is 9.59 Å². The van der Waals surface area contributed by atoms with E-state index in [1.54, 1.807) is 18.2 Å². The van der Waals surface area contributed by atoms with Crippen molar-refractivity contribution in [3.05, 3.63) is 65.9 Å². The summed E-state index contributed by atoms with van der Waals surface area (Å²) < 4.78 is 27.4. The third-order valence-corrected chi connectivity index (χ3v) is 13.6. The van der Waals surface area contributed by atoms with E-state index < -0.39 is 30.3 Å². The van der Waals surface area contributed by atoms with Gasteiger partial charge in [0.15, 0.2) is 0 Å². The number of ether oxygens (including phenoxy) is 5. The lowest BCUT2D eigenvalue weighted by molar-refractivity contribution is -0.139. The van der Waals surface area contributed by atoms with Gasteiger partial charge in [-0.25, -0.2) is 19.6 Å². The van der Waals surface area contributed by atoms with Gasteiger partial charge in [-0.05, 0) is 97.7 Å². The third-order valence-electron chi connectivity index (χ3n) is 13.6. The van der Waals surface area contributed by atoms with Crippen LogP contribution in [0, 0.1) is 17.8 Å². The lowest BCUT2D eigenvalue weighted by Gasteiger charge is -2.37. The molecule has 352 valence electrons. The van der Waals surface area contributed by atoms with Gasteiger partial charge >= 0.3 is 12.2 Å². The van der Waals surface area contributed by atoms with E-state index in [0.29, 0.717) is 63.9 Å². The van der Waals surface area contributed by atoms with Gasteiger partial charge in [-0.3, -0.25) is 9.59 Å². The van der Waals surface area contributed by atoms with E-state index in [9.17, 15) is 19.2 Å². The summed E-state index contributed by atoms with van der Waals surface area (Å²) >= 11 is 0. The molecule has 66 heavy (non-hydrogen) atoms. The van der Waals surface area contributed by atoms with Crippen LogP contribution in [-0.4, -0.2) is 120 Å². The van der Waals surface area contributed by atoms with Crippen molar-refractivity contribution in [1.29, 1.82) is 0 Å². The van der Waals surface area contributed by atoms with E-state index in [-0.39, 0.29) is 41.7 Å². The van der Waals surface area contributed by atoms with Crippen LogP contribution in [-0.2, 0) is 35.1 Å². The Balaban J connectivity index is 1.05. The maximum atomic E-state index is 14.5. The number of hydrogen-bond donors (Lipinski definition) is 4. The number of methoxy groups -OCH3 is 3. The number of aromatic amines is 2. The van der Waals surface area contributed by atoms with Gasteiger partial charge in [-0.15, -0.1) is 0 Å². The minimum Gasteiger partial charge on any atom is -0.488 e. The fourth-order valence-corrected chi connectivity index (χ4v) is 9.88. The number of benzene rings is 3. The lowest BCUT2D eigenvalue weighted by atomic mass is 9.90. The summed E-state index contributed by atoms with van der Waals surface area (Å²) in [5, 5.41) is 7.49. The summed E-state index contributed by atoms with van der Waals surface area (Å²) in [4.78, 5) is 73.8. The molecule has 17 heteroatoms. The van der Waals surface area contributed by atoms with E-state index in [2.05, 4.69) is 57.0 Å². The molecule has 3 aromatic carbocycles. The summed E-state index contributed by atoms with van der Waals surface area (Å²) in [6, 6.07) is 12.2. The van der Waals surface area contributed by atoms with Crippen LogP contribution in [0.2, 0.25) is 0 Å². The van der Waals surface area contributed by atoms with E-state index in [4.69, 9.17) is 33.7 Å². The molecule has 0 saturated carbocycles. The zero-order chi connectivity index (χ0) is 46.8. The maximum absolute atomic E-state index is 14.5. The first-order valence-electron chi connectivity index (χ1n) is 23.0. The van der Waals surface area contributed by atoms with Crippen molar-refractivity contribution in [2.24, 2.45) is 17.8 Å². The number of nitrogens with zero attached hydrogens (tertiary/aromatic N) is 4. The minimum atomic E-state index is -0.763. The Kier molecular flexibility index (Phi) is 13.8. The topological polar surface area (TPSA) is 202 Å². The van der Waals surface area contributed by atoms with Gasteiger partial charge in [0.05, 0.1) is 55.8 Å². The van der Waals surface area contributed by atoms with Gasteiger partial charge in [0.1, 0.15) is 36.1 Å². The van der Waals surface area contributed by atoms with Crippen LogP contribution < -0.4 is 15.4 Å². The number of carbonyl (C=O) groups is 4. The molecule has 0 spiro atoms. The van der Waals surface area contributed by atoms with E-state index in [1.165, 1.54) is 14.2 Å². The molecular weight excluding hydrogens is 845 g/mol. The number of fused-ring (bicyclic) bond motifs is 6. The molecule has 5 aromatic rings. The van der Waals surface area contributed by atoms with Crippen LogP contribution in [0.15, 0.2) is 48.7 Å². The molecule has 2 aromatic heterocycles. The van der Waals surface area contributed by atoms with Gasteiger partial charge in [0, 0.05) is 49.8 Å². The third kappa shape index (κ3) is 9.14. The second-order valence-electron chi connectivity index (χ2n) is 18.2. The quantitative estimate of drug-likeness (QED) is 0.0864. The number of nitrogens with one attached hydrogen (secondary N) is 4. The largest absolute Gasteiger partial charge is 0.488 e. The second-order valence-corrected chi connectivity index (χ2v) is 18.2. The van der Waals surface area contributed by atoms with Crippen LogP contribution >= 0.6 is 0 Å². The molecule has 5 heterocycles. The number of imidazole rings is 2. The van der Waals surface area contributed by atoms with Crippen molar-refractivity contribution in [2.45, 2.75) is 97.1 Å². The SMILES string of the molecule is CC[C@H](C)N(C(=O)[C@@H](NC(=O)OC)C(C)C)[C@@H](C)c1ncc(-c2ccc3c(c2)COc2cc4c(ccc5[nH]c([C@@H]6C[C@H](COC)CN6C(=O)[C@@H](NC(=O)OC)C6CCOCC6)nc54)cc2-3)[nH]1. The van der Waals surface area contributed by atoms with Crippen molar-refractivity contribution in [3.8, 4) is 28.1 Å². The number of alkyl carbamates (subject to hydrolysis) is 2. The number of H-pyrrole nitrogens is 2. The Morgan fingerprint density at radius 3 is 2.41 bits per heavy atom. The van der Waals surface area contributed by atoms with Crippen LogP contribution in [0.3, 0.4) is 0 Å². The van der Waals surface area contributed by atoms with Gasteiger partial charge < -0.3 is 54.1 Å². The van der Waals surface area contributed by atoms with Crippen molar-refractivity contribution in [1.82, 2.24) is 40.4 Å². The van der Waals surface area contributed by atoms with Crippen molar-refractivity contribution in [3.63, 3.8) is 0 Å². The molecule has 3 aliphatic heterocycles. The van der Waals surface area contributed by atoms with E-state index in [1.807, 2.05) is 45.6 Å². The number of hydrogen-bond acceptors (Lipinski definition) is 11. The number of likely N-dealkylation sites (tertiary alicyclic amines) is 1. The first-order valence-corrected chi connectivity index (χ1v) is 23.0. The predicted octanol–water partition coefficient (Wildman–Crippen LogP) is 7.42. The summed E-state index contributed by atoms with van der Waals surface area (Å²) in [7, 11) is 4.25. The molecule has 4 amide bonds. The molecule has 0 unspecified atom stereocenters. The highest BCUT2D eigenvalue weighted by atomic mass is 16.5. The Labute approximate surface area is 384 Å². The Bertz CT molecular complexity index is 2580. The Morgan fingerprint density at radius 2 is 1.70 bits per heavy atom. The average Bonchev–Trinajstić information content (AvgIpc) is 4.11. The Hall–Kier alpha value is -6.20. The molecule has 17 nitrogen and oxygen atoms in total. The van der Waals surface area contributed by atoms with Crippen molar-refractivity contribution < 1.29 is 42.9 Å². The normalized spacial score (nSPS) is 19.1. The highest BCUT2D eigenvalue weighted by Crippen LogP contribution is 2.44. The summed E-state index contributed by atoms with van der Waals surface area (Å²) in [5.74, 6) is 1.53. The summed E-state index contributed by atoms with van der Waals surface area (Å²) in [6.07, 6.45) is 3.17. The van der Waals surface area contributed by atoms with Crippen LogP contribution in [0.5, 0.6) is 5.75 Å². The molecule has 4 N–H and O–H groups in total. The maximum Gasteiger partial charge on any atom is 0.407 e. The first kappa shape index (κ1) is 46.3. The minimum absolute atomic E-state index is 0.0822.